The Labute approximate surface area is 126 Å². The lowest BCUT2D eigenvalue weighted by molar-refractivity contribution is -0.384. The van der Waals surface area contributed by atoms with Gasteiger partial charge in [-0.25, -0.2) is 13.6 Å². The van der Waals surface area contributed by atoms with E-state index >= 15 is 0 Å². The number of sulfonamides is 1. The first-order valence-electron chi connectivity index (χ1n) is 5.93. The van der Waals surface area contributed by atoms with Crippen molar-refractivity contribution >= 4 is 33.2 Å². The fourth-order valence-corrected chi connectivity index (χ4v) is 2.89. The summed E-state index contributed by atoms with van der Waals surface area (Å²) in [5.74, 6) is -0.537. The van der Waals surface area contributed by atoms with E-state index in [-0.39, 0.29) is 5.56 Å². The molecule has 0 saturated heterocycles. The van der Waals surface area contributed by atoms with Crippen molar-refractivity contribution in [3.8, 4) is 0 Å². The number of rotatable bonds is 5. The van der Waals surface area contributed by atoms with Crippen molar-refractivity contribution in [2.45, 2.75) is 18.7 Å². The Morgan fingerprint density at radius 3 is 2.29 bits per heavy atom. The predicted molar refractivity (Wildman–Crippen MR) is 76.7 cm³/mol. The Hall–Kier alpha value is -1.71. The first-order valence-corrected chi connectivity index (χ1v) is 7.85. The maximum atomic E-state index is 12.2. The fourth-order valence-electron chi connectivity index (χ4n) is 1.74. The van der Waals surface area contributed by atoms with Gasteiger partial charge in [-0.3, -0.25) is 14.9 Å². The van der Waals surface area contributed by atoms with Crippen molar-refractivity contribution in [3.05, 3.63) is 32.8 Å². The second-order valence-corrected chi connectivity index (χ2v) is 5.99. The van der Waals surface area contributed by atoms with Crippen molar-refractivity contribution in [2.75, 3.05) is 13.1 Å². The molecule has 0 unspecified atom stereocenters. The Morgan fingerprint density at radius 2 is 1.90 bits per heavy atom. The van der Waals surface area contributed by atoms with E-state index in [0.29, 0.717) is 13.1 Å². The molecule has 21 heavy (non-hydrogen) atoms. The Morgan fingerprint density at radius 1 is 1.38 bits per heavy atom. The molecule has 1 aromatic rings. The first kappa shape index (κ1) is 17.3. The van der Waals surface area contributed by atoms with Crippen LogP contribution >= 0.6 is 11.6 Å². The SMILES string of the molecule is CCN(CC)C(=O)c1cc([N+](=O)[O-])c(Cl)c(S(N)(=O)=O)c1. The molecule has 0 spiro atoms. The molecule has 0 heterocycles. The highest BCUT2D eigenvalue weighted by molar-refractivity contribution is 7.89. The van der Waals surface area contributed by atoms with Crippen LogP contribution in [0.2, 0.25) is 5.02 Å². The van der Waals surface area contributed by atoms with Crippen LogP contribution in [0.25, 0.3) is 0 Å². The first-order chi connectivity index (χ1) is 9.63. The van der Waals surface area contributed by atoms with Crippen molar-refractivity contribution in [1.29, 1.82) is 0 Å². The molecule has 0 fully saturated rings. The third-order valence-electron chi connectivity index (χ3n) is 2.82. The van der Waals surface area contributed by atoms with Gasteiger partial charge in [0.05, 0.1) is 4.92 Å². The standard InChI is InChI=1S/C11H14ClN3O5S/c1-3-14(4-2)11(16)7-5-8(15(17)18)10(12)9(6-7)21(13,19)20/h5-6H,3-4H2,1-2H3,(H2,13,19,20). The summed E-state index contributed by atoms with van der Waals surface area (Å²) in [5.41, 5.74) is -0.836. The molecular formula is C11H14ClN3O5S. The minimum Gasteiger partial charge on any atom is -0.339 e. The summed E-state index contributed by atoms with van der Waals surface area (Å²) in [6.45, 7) is 4.20. The highest BCUT2D eigenvalue weighted by Crippen LogP contribution is 2.32. The van der Waals surface area contributed by atoms with Crippen LogP contribution in [0.3, 0.4) is 0 Å². The Kier molecular flexibility index (Phi) is 5.26. The molecule has 1 aromatic carbocycles. The number of carbonyl (C=O) groups excluding carboxylic acids is 1. The molecule has 0 saturated carbocycles. The van der Waals surface area contributed by atoms with Crippen LogP contribution < -0.4 is 5.14 Å². The fraction of sp³-hybridized carbons (Fsp3) is 0.364. The van der Waals surface area contributed by atoms with Gasteiger partial charge in [-0.2, -0.15) is 0 Å². The van der Waals surface area contributed by atoms with Gasteiger partial charge in [-0.15, -0.1) is 0 Å². The molecule has 0 bridgehead atoms. The molecule has 0 aliphatic rings. The number of primary sulfonamides is 1. The number of hydrogen-bond donors (Lipinski definition) is 1. The van der Waals surface area contributed by atoms with E-state index in [1.807, 2.05) is 0 Å². The second kappa shape index (κ2) is 6.37. The molecule has 8 nitrogen and oxygen atoms in total. The number of nitro groups is 1. The van der Waals surface area contributed by atoms with Crippen LogP contribution in [-0.4, -0.2) is 37.2 Å². The average Bonchev–Trinajstić information content (AvgIpc) is 2.38. The van der Waals surface area contributed by atoms with Gasteiger partial charge in [0.15, 0.2) is 0 Å². The van der Waals surface area contributed by atoms with E-state index in [1.165, 1.54) is 4.90 Å². The molecule has 1 amide bonds. The molecule has 1 rings (SSSR count). The molecule has 10 heteroatoms. The van der Waals surface area contributed by atoms with Crippen LogP contribution in [0.4, 0.5) is 5.69 Å². The molecule has 116 valence electrons. The monoisotopic (exact) mass is 335 g/mol. The number of benzene rings is 1. The summed E-state index contributed by atoms with van der Waals surface area (Å²) in [6, 6.07) is 1.89. The summed E-state index contributed by atoms with van der Waals surface area (Å²) in [6.07, 6.45) is 0. The van der Waals surface area contributed by atoms with Gasteiger partial charge in [0.1, 0.15) is 9.92 Å². The van der Waals surface area contributed by atoms with Crippen LogP contribution in [0.15, 0.2) is 17.0 Å². The van der Waals surface area contributed by atoms with E-state index in [0.717, 1.165) is 12.1 Å². The predicted octanol–water partition coefficient (Wildman–Crippen LogP) is 1.38. The molecule has 2 N–H and O–H groups in total. The highest BCUT2D eigenvalue weighted by Gasteiger charge is 2.27. The number of halogens is 1. The molecule has 0 aliphatic carbocycles. The minimum absolute atomic E-state index is 0.154. The zero-order chi connectivity index (χ0) is 16.4. The number of nitro benzene ring substituents is 1. The maximum absolute atomic E-state index is 12.2. The second-order valence-electron chi connectivity index (χ2n) is 4.09. The van der Waals surface area contributed by atoms with Gasteiger partial charge >= 0.3 is 0 Å². The van der Waals surface area contributed by atoms with Crippen LogP contribution in [-0.2, 0) is 10.0 Å². The molecule has 0 radical (unpaired) electrons. The lowest BCUT2D eigenvalue weighted by Crippen LogP contribution is -2.30. The number of amides is 1. The quantitative estimate of drug-likeness (QED) is 0.643. The third kappa shape index (κ3) is 3.69. The van der Waals surface area contributed by atoms with Gasteiger partial charge < -0.3 is 4.90 Å². The van der Waals surface area contributed by atoms with Crippen molar-refractivity contribution in [1.82, 2.24) is 4.90 Å². The number of nitrogens with two attached hydrogens (primary N) is 1. The van der Waals surface area contributed by atoms with Crippen LogP contribution in [0, 0.1) is 10.1 Å². The van der Waals surface area contributed by atoms with Crippen molar-refractivity contribution in [2.24, 2.45) is 5.14 Å². The lowest BCUT2D eigenvalue weighted by Gasteiger charge is -2.19. The molecule has 0 aromatic heterocycles. The topological polar surface area (TPSA) is 124 Å². The smallest absolute Gasteiger partial charge is 0.290 e. The van der Waals surface area contributed by atoms with Gasteiger partial charge in [-0.05, 0) is 19.9 Å². The molecular weight excluding hydrogens is 322 g/mol. The summed E-state index contributed by atoms with van der Waals surface area (Å²) in [7, 11) is -4.29. The van der Waals surface area contributed by atoms with E-state index in [9.17, 15) is 23.3 Å². The number of carbonyl (C=O) groups is 1. The largest absolute Gasteiger partial charge is 0.339 e. The number of hydrogen-bond acceptors (Lipinski definition) is 5. The molecule has 0 atom stereocenters. The van der Waals surface area contributed by atoms with Gasteiger partial charge in [-0.1, -0.05) is 11.6 Å². The normalized spacial score (nSPS) is 11.2. The average molecular weight is 336 g/mol. The maximum Gasteiger partial charge on any atom is 0.290 e. The zero-order valence-corrected chi connectivity index (χ0v) is 12.9. The van der Waals surface area contributed by atoms with Gasteiger partial charge in [0, 0.05) is 24.7 Å². The van der Waals surface area contributed by atoms with E-state index in [1.54, 1.807) is 13.8 Å². The van der Waals surface area contributed by atoms with Crippen LogP contribution in [0.5, 0.6) is 0 Å². The summed E-state index contributed by atoms with van der Waals surface area (Å²) >= 11 is 5.69. The number of nitrogens with zero attached hydrogens (tertiary/aromatic N) is 2. The summed E-state index contributed by atoms with van der Waals surface area (Å²) < 4.78 is 22.9. The van der Waals surface area contributed by atoms with Crippen molar-refractivity contribution in [3.63, 3.8) is 0 Å². The summed E-state index contributed by atoms with van der Waals surface area (Å²) in [4.78, 5) is 23.0. The van der Waals surface area contributed by atoms with E-state index < -0.39 is 36.5 Å². The van der Waals surface area contributed by atoms with Gasteiger partial charge in [0.2, 0.25) is 10.0 Å². The lowest BCUT2D eigenvalue weighted by atomic mass is 10.1. The zero-order valence-electron chi connectivity index (χ0n) is 11.4. The summed E-state index contributed by atoms with van der Waals surface area (Å²) in [5, 5.41) is 15.3. The van der Waals surface area contributed by atoms with E-state index in [2.05, 4.69) is 0 Å². The Balaban J connectivity index is 3.59. The Bertz CT molecular complexity index is 685. The van der Waals surface area contributed by atoms with Gasteiger partial charge in [0.25, 0.3) is 11.6 Å². The van der Waals surface area contributed by atoms with Crippen LogP contribution in [0.1, 0.15) is 24.2 Å². The van der Waals surface area contributed by atoms with Crippen molar-refractivity contribution < 1.29 is 18.1 Å². The van der Waals surface area contributed by atoms with E-state index in [4.69, 9.17) is 16.7 Å². The molecule has 0 aliphatic heterocycles. The highest BCUT2D eigenvalue weighted by atomic mass is 35.5. The minimum atomic E-state index is -4.29. The third-order valence-corrected chi connectivity index (χ3v) is 4.27.